The first-order chi connectivity index (χ1) is 10.2. The highest BCUT2D eigenvalue weighted by molar-refractivity contribution is 6.05. The van der Waals surface area contributed by atoms with E-state index in [0.29, 0.717) is 6.42 Å². The van der Waals surface area contributed by atoms with Crippen molar-refractivity contribution in [3.63, 3.8) is 0 Å². The molecule has 0 aromatic heterocycles. The molecule has 1 aliphatic heterocycles. The van der Waals surface area contributed by atoms with E-state index in [1.807, 2.05) is 0 Å². The van der Waals surface area contributed by atoms with Crippen LogP contribution in [0.15, 0.2) is 0 Å². The molecule has 0 radical (unpaired) electrons. The van der Waals surface area contributed by atoms with E-state index in [-0.39, 0.29) is 23.9 Å². The van der Waals surface area contributed by atoms with Crippen molar-refractivity contribution in [3.05, 3.63) is 0 Å². The second-order valence-corrected chi connectivity index (χ2v) is 6.82. The lowest BCUT2D eigenvalue weighted by molar-refractivity contribution is -0.142. The van der Waals surface area contributed by atoms with Crippen LogP contribution < -0.4 is 5.32 Å². The van der Waals surface area contributed by atoms with Crippen LogP contribution in [0.25, 0.3) is 0 Å². The van der Waals surface area contributed by atoms with Crippen molar-refractivity contribution in [1.29, 1.82) is 0 Å². The first kappa shape index (κ1) is 15.0. The van der Waals surface area contributed by atoms with Crippen LogP contribution in [-0.4, -0.2) is 59.9 Å². The van der Waals surface area contributed by atoms with Crippen molar-refractivity contribution in [2.75, 3.05) is 20.1 Å². The van der Waals surface area contributed by atoms with Crippen LogP contribution in [-0.2, 0) is 9.59 Å². The number of likely N-dealkylation sites (tertiary alicyclic amines) is 1. The van der Waals surface area contributed by atoms with Crippen LogP contribution in [0.5, 0.6) is 0 Å². The molecule has 0 aromatic rings. The van der Waals surface area contributed by atoms with Gasteiger partial charge in [-0.2, -0.15) is 0 Å². The van der Waals surface area contributed by atoms with Gasteiger partial charge in [-0.15, -0.1) is 0 Å². The molecule has 1 atom stereocenters. The SMILES string of the molecule is CN(CCNC1CC(=O)N(C2CCCCC2)C1=O)C1CC1. The monoisotopic (exact) mass is 293 g/mol. The Kier molecular flexibility index (Phi) is 4.60. The largest absolute Gasteiger partial charge is 0.304 e. The Morgan fingerprint density at radius 1 is 1.14 bits per heavy atom. The smallest absolute Gasteiger partial charge is 0.247 e. The molecule has 21 heavy (non-hydrogen) atoms. The van der Waals surface area contributed by atoms with Crippen molar-refractivity contribution < 1.29 is 9.59 Å². The molecule has 0 bridgehead atoms. The first-order valence-corrected chi connectivity index (χ1v) is 8.46. The molecule has 3 rings (SSSR count). The Balaban J connectivity index is 1.48. The predicted molar refractivity (Wildman–Crippen MR) is 80.8 cm³/mol. The third-order valence-corrected chi connectivity index (χ3v) is 5.15. The second kappa shape index (κ2) is 6.44. The maximum absolute atomic E-state index is 12.5. The zero-order valence-electron chi connectivity index (χ0n) is 13.0. The van der Waals surface area contributed by atoms with Gasteiger partial charge in [0.05, 0.1) is 12.5 Å². The van der Waals surface area contributed by atoms with Crippen LogP contribution in [0.3, 0.4) is 0 Å². The molecule has 2 aliphatic carbocycles. The molecule has 2 saturated carbocycles. The minimum absolute atomic E-state index is 0.0148. The molecule has 5 nitrogen and oxygen atoms in total. The molecule has 118 valence electrons. The fraction of sp³-hybridized carbons (Fsp3) is 0.875. The van der Waals surface area contributed by atoms with Crippen LogP contribution in [0.4, 0.5) is 0 Å². The van der Waals surface area contributed by atoms with Crippen molar-refractivity contribution in [1.82, 2.24) is 15.1 Å². The topological polar surface area (TPSA) is 52.7 Å². The van der Waals surface area contributed by atoms with E-state index in [4.69, 9.17) is 0 Å². The van der Waals surface area contributed by atoms with E-state index in [0.717, 1.165) is 44.8 Å². The minimum Gasteiger partial charge on any atom is -0.304 e. The fourth-order valence-electron chi connectivity index (χ4n) is 3.65. The van der Waals surface area contributed by atoms with Crippen LogP contribution >= 0.6 is 0 Å². The predicted octanol–water partition coefficient (Wildman–Crippen LogP) is 1.13. The normalized spacial score (nSPS) is 27.9. The molecular formula is C16H27N3O2. The van der Waals surface area contributed by atoms with Gasteiger partial charge >= 0.3 is 0 Å². The molecule has 1 unspecified atom stereocenters. The zero-order valence-corrected chi connectivity index (χ0v) is 13.0. The number of carbonyl (C=O) groups is 2. The molecule has 2 amide bonds. The summed E-state index contributed by atoms with van der Waals surface area (Å²) >= 11 is 0. The van der Waals surface area contributed by atoms with Gasteiger partial charge in [0.15, 0.2) is 0 Å². The minimum atomic E-state index is -0.285. The highest BCUT2D eigenvalue weighted by atomic mass is 16.2. The van der Waals surface area contributed by atoms with E-state index in [2.05, 4.69) is 17.3 Å². The Bertz CT molecular complexity index is 402. The molecular weight excluding hydrogens is 266 g/mol. The van der Waals surface area contributed by atoms with Gasteiger partial charge in [0.25, 0.3) is 0 Å². The van der Waals surface area contributed by atoms with Crippen LogP contribution in [0, 0.1) is 0 Å². The Labute approximate surface area is 127 Å². The fourth-order valence-corrected chi connectivity index (χ4v) is 3.65. The molecule has 5 heteroatoms. The van der Waals surface area contributed by atoms with E-state index in [1.165, 1.54) is 19.3 Å². The summed E-state index contributed by atoms with van der Waals surface area (Å²) in [5.74, 6) is 0.0425. The van der Waals surface area contributed by atoms with E-state index >= 15 is 0 Å². The van der Waals surface area contributed by atoms with Crippen LogP contribution in [0.2, 0.25) is 0 Å². The van der Waals surface area contributed by atoms with E-state index < -0.39 is 0 Å². The molecule has 1 N–H and O–H groups in total. The van der Waals surface area contributed by atoms with Crippen LogP contribution in [0.1, 0.15) is 51.4 Å². The average molecular weight is 293 g/mol. The molecule has 0 aromatic carbocycles. The quantitative estimate of drug-likeness (QED) is 0.746. The van der Waals surface area contributed by atoms with Gasteiger partial charge < -0.3 is 10.2 Å². The summed E-state index contributed by atoms with van der Waals surface area (Å²) in [7, 11) is 2.13. The third-order valence-electron chi connectivity index (χ3n) is 5.15. The number of nitrogens with one attached hydrogen (secondary N) is 1. The van der Waals surface area contributed by atoms with Gasteiger partial charge in [0.2, 0.25) is 11.8 Å². The number of hydrogen-bond donors (Lipinski definition) is 1. The third kappa shape index (κ3) is 3.46. The van der Waals surface area contributed by atoms with Crippen molar-refractivity contribution in [2.45, 2.75) is 69.5 Å². The van der Waals surface area contributed by atoms with Gasteiger partial charge in [-0.3, -0.25) is 14.5 Å². The molecule has 3 aliphatic rings. The summed E-state index contributed by atoms with van der Waals surface area (Å²) < 4.78 is 0. The van der Waals surface area contributed by atoms with Gasteiger partial charge in [0.1, 0.15) is 0 Å². The zero-order chi connectivity index (χ0) is 14.8. The van der Waals surface area contributed by atoms with Crippen molar-refractivity contribution in [2.24, 2.45) is 0 Å². The highest BCUT2D eigenvalue weighted by Crippen LogP contribution is 2.27. The number of hydrogen-bond acceptors (Lipinski definition) is 4. The lowest BCUT2D eigenvalue weighted by Gasteiger charge is -2.29. The number of carbonyl (C=O) groups excluding carboxylic acids is 2. The highest BCUT2D eigenvalue weighted by Gasteiger charge is 2.42. The Morgan fingerprint density at radius 2 is 1.86 bits per heavy atom. The number of nitrogens with zero attached hydrogens (tertiary/aromatic N) is 2. The number of imide groups is 1. The summed E-state index contributed by atoms with van der Waals surface area (Å²) in [4.78, 5) is 28.5. The van der Waals surface area contributed by atoms with Gasteiger partial charge in [-0.25, -0.2) is 0 Å². The molecule has 1 saturated heterocycles. The first-order valence-electron chi connectivity index (χ1n) is 8.46. The number of rotatable bonds is 6. The Hall–Kier alpha value is -0.940. The second-order valence-electron chi connectivity index (χ2n) is 6.82. The maximum atomic E-state index is 12.5. The molecule has 1 heterocycles. The van der Waals surface area contributed by atoms with E-state index in [9.17, 15) is 9.59 Å². The van der Waals surface area contributed by atoms with Gasteiger partial charge in [-0.1, -0.05) is 19.3 Å². The van der Waals surface area contributed by atoms with E-state index in [1.54, 1.807) is 4.90 Å². The summed E-state index contributed by atoms with van der Waals surface area (Å²) in [5.41, 5.74) is 0. The summed E-state index contributed by atoms with van der Waals surface area (Å²) in [6.07, 6.45) is 8.46. The van der Waals surface area contributed by atoms with Crippen molar-refractivity contribution in [3.8, 4) is 0 Å². The molecule has 0 spiro atoms. The maximum Gasteiger partial charge on any atom is 0.247 e. The number of likely N-dealkylation sites (N-methyl/N-ethyl adjacent to an activating group) is 1. The summed E-state index contributed by atoms with van der Waals surface area (Å²) in [6.45, 7) is 1.74. The number of amides is 2. The summed E-state index contributed by atoms with van der Waals surface area (Å²) in [6, 6.07) is 0.623. The standard InChI is InChI=1S/C16H27N3O2/c1-18(12-7-8-12)10-9-17-14-11-15(20)19(16(14)21)13-5-3-2-4-6-13/h12-14,17H,2-11H2,1H3. The van der Waals surface area contributed by atoms with Gasteiger partial charge in [0, 0.05) is 25.2 Å². The summed E-state index contributed by atoms with van der Waals surface area (Å²) in [5, 5.41) is 3.29. The van der Waals surface area contributed by atoms with Crippen molar-refractivity contribution >= 4 is 11.8 Å². The molecule has 3 fully saturated rings. The average Bonchev–Trinajstić information content (AvgIpc) is 3.28. The lowest BCUT2D eigenvalue weighted by Crippen LogP contribution is -2.45. The van der Waals surface area contributed by atoms with Gasteiger partial charge in [-0.05, 0) is 32.7 Å². The lowest BCUT2D eigenvalue weighted by atomic mass is 9.94. The Morgan fingerprint density at radius 3 is 2.52 bits per heavy atom.